The number of hydrogen-bond donors (Lipinski definition) is 3. The number of amides is 2. The summed E-state index contributed by atoms with van der Waals surface area (Å²) in [4.78, 5) is 12.1. The van der Waals surface area contributed by atoms with Crippen molar-refractivity contribution < 1.29 is 23.8 Å². The number of furan rings is 1. The zero-order valence-electron chi connectivity index (χ0n) is 13.0. The molecule has 4 rings (SSSR count). The third-order valence-electron chi connectivity index (χ3n) is 4.35. The molecular formula is C17H18N2O5. The molecule has 1 aromatic carbocycles. The summed E-state index contributed by atoms with van der Waals surface area (Å²) in [5.74, 6) is 1.84. The molecule has 2 aromatic rings. The van der Waals surface area contributed by atoms with Gasteiger partial charge in [0.1, 0.15) is 11.4 Å². The highest BCUT2D eigenvalue weighted by Crippen LogP contribution is 2.45. The van der Waals surface area contributed by atoms with Crippen molar-refractivity contribution in [3.05, 3.63) is 42.4 Å². The van der Waals surface area contributed by atoms with E-state index < -0.39 is 11.6 Å². The highest BCUT2D eigenvalue weighted by Gasteiger charge is 2.47. The summed E-state index contributed by atoms with van der Waals surface area (Å²) in [6, 6.07) is 8.22. The fourth-order valence-electron chi connectivity index (χ4n) is 2.88. The van der Waals surface area contributed by atoms with E-state index in [0.29, 0.717) is 22.9 Å². The number of carbonyl (C=O) groups is 1. The van der Waals surface area contributed by atoms with E-state index in [2.05, 4.69) is 10.6 Å². The van der Waals surface area contributed by atoms with Crippen LogP contribution in [0.15, 0.2) is 41.0 Å². The second kappa shape index (κ2) is 5.76. The van der Waals surface area contributed by atoms with Gasteiger partial charge in [-0.3, -0.25) is 0 Å². The topological polar surface area (TPSA) is 93.0 Å². The van der Waals surface area contributed by atoms with Crippen LogP contribution < -0.4 is 20.1 Å². The minimum absolute atomic E-state index is 0.0849. The van der Waals surface area contributed by atoms with Gasteiger partial charge in [0.25, 0.3) is 0 Å². The Balaban J connectivity index is 1.39. The molecule has 3 N–H and O–H groups in total. The number of rotatable bonds is 5. The van der Waals surface area contributed by atoms with Crippen molar-refractivity contribution in [2.24, 2.45) is 5.92 Å². The van der Waals surface area contributed by atoms with Crippen molar-refractivity contribution in [2.75, 3.05) is 18.7 Å². The molecule has 7 nitrogen and oxygen atoms in total. The lowest BCUT2D eigenvalue weighted by atomic mass is 9.94. The normalized spacial score (nSPS) is 18.0. The molecule has 2 heterocycles. The number of nitrogens with one attached hydrogen (secondary N) is 2. The van der Waals surface area contributed by atoms with Crippen LogP contribution in [0.25, 0.3) is 0 Å². The summed E-state index contributed by atoms with van der Waals surface area (Å²) in [5, 5.41) is 16.3. The first kappa shape index (κ1) is 14.9. The van der Waals surface area contributed by atoms with Gasteiger partial charge >= 0.3 is 6.03 Å². The lowest BCUT2D eigenvalue weighted by molar-refractivity contribution is -0.00414. The summed E-state index contributed by atoms with van der Waals surface area (Å²) in [5.41, 5.74) is -0.583. The monoisotopic (exact) mass is 330 g/mol. The van der Waals surface area contributed by atoms with Crippen LogP contribution in [0.5, 0.6) is 11.5 Å². The van der Waals surface area contributed by atoms with E-state index in [9.17, 15) is 9.90 Å². The van der Waals surface area contributed by atoms with Gasteiger partial charge in [-0.15, -0.1) is 0 Å². The Morgan fingerprint density at radius 2 is 2.08 bits per heavy atom. The van der Waals surface area contributed by atoms with Crippen LogP contribution in [-0.4, -0.2) is 24.5 Å². The molecule has 1 fully saturated rings. The first-order chi connectivity index (χ1) is 11.6. The summed E-state index contributed by atoms with van der Waals surface area (Å²) < 4.78 is 15.9. The van der Waals surface area contributed by atoms with Gasteiger partial charge < -0.3 is 29.6 Å². The van der Waals surface area contributed by atoms with Gasteiger partial charge in [-0.05, 0) is 43.0 Å². The number of hydrogen-bond acceptors (Lipinski definition) is 5. The third kappa shape index (κ3) is 2.78. The molecule has 2 aliphatic rings. The molecule has 1 aliphatic carbocycles. The number of benzene rings is 1. The van der Waals surface area contributed by atoms with Gasteiger partial charge in [0.2, 0.25) is 6.79 Å². The molecule has 24 heavy (non-hydrogen) atoms. The summed E-state index contributed by atoms with van der Waals surface area (Å²) in [6.45, 7) is 0.268. The van der Waals surface area contributed by atoms with Crippen LogP contribution in [0.1, 0.15) is 18.6 Å². The molecule has 2 amide bonds. The van der Waals surface area contributed by atoms with Crippen molar-refractivity contribution >= 4 is 11.7 Å². The quantitative estimate of drug-likeness (QED) is 0.783. The predicted octanol–water partition coefficient (Wildman–Crippen LogP) is 2.43. The van der Waals surface area contributed by atoms with Crippen molar-refractivity contribution in [1.82, 2.24) is 5.32 Å². The van der Waals surface area contributed by atoms with Crippen molar-refractivity contribution in [2.45, 2.75) is 18.4 Å². The summed E-state index contributed by atoms with van der Waals surface area (Å²) in [6.07, 6.45) is 3.36. The van der Waals surface area contributed by atoms with Gasteiger partial charge in [0, 0.05) is 11.8 Å². The molecule has 1 atom stereocenters. The Morgan fingerprint density at radius 3 is 2.83 bits per heavy atom. The largest absolute Gasteiger partial charge is 0.466 e. The zero-order valence-corrected chi connectivity index (χ0v) is 13.0. The Kier molecular flexibility index (Phi) is 3.57. The Hall–Kier alpha value is -2.67. The minimum Gasteiger partial charge on any atom is -0.466 e. The average Bonchev–Trinajstić information content (AvgIpc) is 3.10. The maximum Gasteiger partial charge on any atom is 0.319 e. The van der Waals surface area contributed by atoms with Crippen molar-refractivity contribution in [1.29, 1.82) is 0 Å². The Morgan fingerprint density at radius 1 is 1.25 bits per heavy atom. The molecule has 0 saturated heterocycles. The highest BCUT2D eigenvalue weighted by atomic mass is 16.7. The van der Waals surface area contributed by atoms with E-state index in [-0.39, 0.29) is 19.3 Å². The molecule has 126 valence electrons. The smallest absolute Gasteiger partial charge is 0.319 e. The minimum atomic E-state index is -1.17. The first-order valence-corrected chi connectivity index (χ1v) is 7.86. The molecule has 1 aliphatic heterocycles. The lowest BCUT2D eigenvalue weighted by Gasteiger charge is -2.26. The zero-order chi connectivity index (χ0) is 16.6. The van der Waals surface area contributed by atoms with Gasteiger partial charge in [0.05, 0.1) is 12.8 Å². The molecule has 7 heteroatoms. The van der Waals surface area contributed by atoms with Gasteiger partial charge in [-0.2, -0.15) is 0 Å². The van der Waals surface area contributed by atoms with Crippen LogP contribution in [0, 0.1) is 5.92 Å². The van der Waals surface area contributed by atoms with Gasteiger partial charge in [0.15, 0.2) is 11.5 Å². The number of carbonyl (C=O) groups excluding carboxylic acids is 1. The van der Waals surface area contributed by atoms with Crippen molar-refractivity contribution in [3.8, 4) is 11.5 Å². The maximum absolute atomic E-state index is 12.1. The van der Waals surface area contributed by atoms with Crippen LogP contribution in [-0.2, 0) is 5.60 Å². The Labute approximate surface area is 138 Å². The fourth-order valence-corrected chi connectivity index (χ4v) is 2.88. The lowest BCUT2D eigenvalue weighted by Crippen LogP contribution is -2.43. The van der Waals surface area contributed by atoms with Gasteiger partial charge in [-0.1, -0.05) is 0 Å². The number of aliphatic hydroxyl groups is 1. The fraction of sp³-hybridized carbons (Fsp3) is 0.353. The van der Waals surface area contributed by atoms with E-state index in [1.165, 1.54) is 6.26 Å². The number of anilines is 1. The molecule has 1 aromatic heterocycles. The van der Waals surface area contributed by atoms with Crippen LogP contribution in [0.4, 0.5) is 10.5 Å². The molecule has 0 radical (unpaired) electrons. The standard InChI is InChI=1S/C17H18N2O5/c20-16(19-12-5-6-13-14(8-12)24-10-23-13)18-9-17(21,11-3-4-11)15-2-1-7-22-15/h1-2,5-8,11,21H,3-4,9-10H2,(H2,18,19,20). The maximum atomic E-state index is 12.1. The molecular weight excluding hydrogens is 312 g/mol. The number of ether oxygens (including phenoxy) is 2. The van der Waals surface area contributed by atoms with Crippen LogP contribution in [0.3, 0.4) is 0 Å². The predicted molar refractivity (Wildman–Crippen MR) is 84.9 cm³/mol. The third-order valence-corrected chi connectivity index (χ3v) is 4.35. The summed E-state index contributed by atoms with van der Waals surface area (Å²) >= 11 is 0. The van der Waals surface area contributed by atoms with Gasteiger partial charge in [-0.25, -0.2) is 4.79 Å². The van der Waals surface area contributed by atoms with E-state index in [4.69, 9.17) is 13.9 Å². The highest BCUT2D eigenvalue weighted by molar-refractivity contribution is 5.89. The number of fused-ring (bicyclic) bond motifs is 1. The van der Waals surface area contributed by atoms with Crippen LogP contribution >= 0.6 is 0 Å². The van der Waals surface area contributed by atoms with E-state index in [1.807, 2.05) is 0 Å². The van der Waals surface area contributed by atoms with E-state index in [1.54, 1.807) is 30.3 Å². The number of urea groups is 1. The first-order valence-electron chi connectivity index (χ1n) is 7.86. The van der Waals surface area contributed by atoms with E-state index in [0.717, 1.165) is 12.8 Å². The van der Waals surface area contributed by atoms with E-state index >= 15 is 0 Å². The summed E-state index contributed by atoms with van der Waals surface area (Å²) in [7, 11) is 0. The molecule has 0 bridgehead atoms. The van der Waals surface area contributed by atoms with Crippen LogP contribution in [0.2, 0.25) is 0 Å². The average molecular weight is 330 g/mol. The SMILES string of the molecule is O=C(NCC(O)(c1ccco1)C1CC1)Nc1ccc2c(c1)OCO2. The Bertz CT molecular complexity index is 741. The molecule has 0 spiro atoms. The molecule has 1 saturated carbocycles. The van der Waals surface area contributed by atoms with Crippen molar-refractivity contribution in [3.63, 3.8) is 0 Å². The molecule has 1 unspecified atom stereocenters. The second-order valence-corrected chi connectivity index (χ2v) is 6.05. The second-order valence-electron chi connectivity index (χ2n) is 6.05.